The summed E-state index contributed by atoms with van der Waals surface area (Å²) in [5.41, 5.74) is 1.94. The van der Waals surface area contributed by atoms with Crippen molar-refractivity contribution in [3.8, 4) is 5.75 Å². The van der Waals surface area contributed by atoms with Gasteiger partial charge in [-0.2, -0.15) is 0 Å². The normalized spacial score (nSPS) is 10.5. The van der Waals surface area contributed by atoms with Crippen molar-refractivity contribution < 1.29 is 9.13 Å². The Hall–Kier alpha value is -1.58. The van der Waals surface area contributed by atoms with Crippen LogP contribution in [-0.4, -0.2) is 7.05 Å². The van der Waals surface area contributed by atoms with E-state index in [-0.39, 0.29) is 5.02 Å². The fourth-order valence-electron chi connectivity index (χ4n) is 1.70. The zero-order valence-electron chi connectivity index (χ0n) is 10.6. The van der Waals surface area contributed by atoms with Crippen molar-refractivity contribution in [1.82, 2.24) is 5.32 Å². The van der Waals surface area contributed by atoms with Gasteiger partial charge in [-0.05, 0) is 42.4 Å². The predicted molar refractivity (Wildman–Crippen MR) is 74.9 cm³/mol. The number of nitrogens with one attached hydrogen (secondary N) is 1. The summed E-state index contributed by atoms with van der Waals surface area (Å²) in [4.78, 5) is 0. The minimum absolute atomic E-state index is 0.125. The monoisotopic (exact) mass is 279 g/mol. The molecule has 0 heterocycles. The van der Waals surface area contributed by atoms with Gasteiger partial charge in [0.15, 0.2) is 0 Å². The molecule has 0 aromatic heterocycles. The maximum atomic E-state index is 13.2. The zero-order chi connectivity index (χ0) is 13.7. The predicted octanol–water partition coefficient (Wildman–Crippen LogP) is 3.78. The second-order valence-electron chi connectivity index (χ2n) is 4.21. The van der Waals surface area contributed by atoms with Crippen molar-refractivity contribution in [2.75, 3.05) is 7.05 Å². The summed E-state index contributed by atoms with van der Waals surface area (Å²) < 4.78 is 18.8. The molecule has 4 heteroatoms. The number of hydrogen-bond donors (Lipinski definition) is 1. The quantitative estimate of drug-likeness (QED) is 0.899. The van der Waals surface area contributed by atoms with E-state index in [9.17, 15) is 4.39 Å². The summed E-state index contributed by atoms with van der Waals surface area (Å²) in [5.74, 6) is 0.336. The van der Waals surface area contributed by atoms with Crippen molar-refractivity contribution in [3.05, 3.63) is 64.4 Å². The molecule has 0 amide bonds. The van der Waals surface area contributed by atoms with Crippen molar-refractivity contribution >= 4 is 11.6 Å². The number of halogens is 2. The van der Waals surface area contributed by atoms with Crippen LogP contribution in [0.25, 0.3) is 0 Å². The summed E-state index contributed by atoms with van der Waals surface area (Å²) in [6.45, 7) is 1.14. The second kappa shape index (κ2) is 6.55. The first-order valence-electron chi connectivity index (χ1n) is 5.99. The van der Waals surface area contributed by atoms with Gasteiger partial charge in [0, 0.05) is 6.54 Å². The number of ether oxygens (including phenoxy) is 1. The molecule has 1 N–H and O–H groups in total. The molecular weight excluding hydrogens is 265 g/mol. The molecule has 0 atom stereocenters. The maximum absolute atomic E-state index is 13.2. The Balaban J connectivity index is 1.96. The molecule has 2 rings (SSSR count). The van der Waals surface area contributed by atoms with Crippen LogP contribution >= 0.6 is 11.6 Å². The van der Waals surface area contributed by atoms with E-state index >= 15 is 0 Å². The minimum atomic E-state index is -0.424. The third-order valence-corrected chi connectivity index (χ3v) is 3.00. The Morgan fingerprint density at radius 1 is 1.11 bits per heavy atom. The zero-order valence-corrected chi connectivity index (χ0v) is 11.4. The summed E-state index contributed by atoms with van der Waals surface area (Å²) in [5, 5.41) is 3.20. The van der Waals surface area contributed by atoms with Gasteiger partial charge in [0.1, 0.15) is 18.2 Å². The Morgan fingerprint density at radius 2 is 1.79 bits per heavy atom. The molecule has 2 aromatic rings. The van der Waals surface area contributed by atoms with E-state index in [1.54, 1.807) is 6.07 Å². The lowest BCUT2D eigenvalue weighted by Crippen LogP contribution is -2.04. The molecule has 0 spiro atoms. The van der Waals surface area contributed by atoms with Crippen LogP contribution in [0.15, 0.2) is 42.5 Å². The molecule has 19 heavy (non-hydrogen) atoms. The van der Waals surface area contributed by atoms with Crippen LogP contribution in [0.1, 0.15) is 11.1 Å². The highest BCUT2D eigenvalue weighted by Crippen LogP contribution is 2.18. The van der Waals surface area contributed by atoms with E-state index in [4.69, 9.17) is 16.3 Å². The van der Waals surface area contributed by atoms with E-state index in [0.717, 1.165) is 17.9 Å². The van der Waals surface area contributed by atoms with Crippen molar-refractivity contribution in [3.63, 3.8) is 0 Å². The molecule has 100 valence electrons. The lowest BCUT2D eigenvalue weighted by Gasteiger charge is -2.08. The third-order valence-electron chi connectivity index (χ3n) is 2.69. The highest BCUT2D eigenvalue weighted by molar-refractivity contribution is 6.30. The Labute approximate surface area is 117 Å². The van der Waals surface area contributed by atoms with Crippen LogP contribution in [0, 0.1) is 5.82 Å². The third kappa shape index (κ3) is 3.94. The van der Waals surface area contributed by atoms with E-state index in [0.29, 0.717) is 6.61 Å². The Bertz CT molecular complexity index is 542. The van der Waals surface area contributed by atoms with Crippen LogP contribution in [0.4, 0.5) is 4.39 Å². The number of rotatable bonds is 5. The van der Waals surface area contributed by atoms with E-state index in [1.165, 1.54) is 17.7 Å². The summed E-state index contributed by atoms with van der Waals surface area (Å²) in [6, 6.07) is 12.5. The standard InChI is InChI=1S/C15H15ClFNO/c1-18-9-11-2-5-13(6-3-11)19-10-12-4-7-14(16)15(17)8-12/h2-8,18H,9-10H2,1H3. The average Bonchev–Trinajstić information content (AvgIpc) is 2.42. The molecule has 0 fully saturated rings. The van der Waals surface area contributed by atoms with Crippen molar-refractivity contribution in [2.24, 2.45) is 0 Å². The highest BCUT2D eigenvalue weighted by Gasteiger charge is 2.02. The lowest BCUT2D eigenvalue weighted by molar-refractivity contribution is 0.305. The van der Waals surface area contributed by atoms with Gasteiger partial charge in [-0.25, -0.2) is 4.39 Å². The van der Waals surface area contributed by atoms with Gasteiger partial charge in [-0.3, -0.25) is 0 Å². The molecule has 0 aliphatic rings. The average molecular weight is 280 g/mol. The fraction of sp³-hybridized carbons (Fsp3) is 0.200. The Kier molecular flexibility index (Phi) is 4.77. The SMILES string of the molecule is CNCc1ccc(OCc2ccc(Cl)c(F)c2)cc1. The fourth-order valence-corrected chi connectivity index (χ4v) is 1.82. The topological polar surface area (TPSA) is 21.3 Å². The first-order chi connectivity index (χ1) is 9.19. The first-order valence-corrected chi connectivity index (χ1v) is 6.37. The van der Waals surface area contributed by atoms with Gasteiger partial charge in [0.25, 0.3) is 0 Å². The van der Waals surface area contributed by atoms with Crippen LogP contribution in [0.5, 0.6) is 5.75 Å². The molecule has 0 radical (unpaired) electrons. The van der Waals surface area contributed by atoms with E-state index in [2.05, 4.69) is 5.32 Å². The van der Waals surface area contributed by atoms with Crippen LogP contribution in [0.3, 0.4) is 0 Å². The van der Waals surface area contributed by atoms with Crippen molar-refractivity contribution in [2.45, 2.75) is 13.2 Å². The van der Waals surface area contributed by atoms with Gasteiger partial charge < -0.3 is 10.1 Å². The number of benzene rings is 2. The second-order valence-corrected chi connectivity index (χ2v) is 4.62. The summed E-state index contributed by atoms with van der Waals surface area (Å²) >= 11 is 5.62. The van der Waals surface area contributed by atoms with Gasteiger partial charge >= 0.3 is 0 Å². The Morgan fingerprint density at radius 3 is 2.42 bits per heavy atom. The summed E-state index contributed by atoms with van der Waals surface area (Å²) in [7, 11) is 1.90. The van der Waals surface area contributed by atoms with E-state index < -0.39 is 5.82 Å². The van der Waals surface area contributed by atoms with Crippen LogP contribution in [0.2, 0.25) is 5.02 Å². The lowest BCUT2D eigenvalue weighted by atomic mass is 10.2. The minimum Gasteiger partial charge on any atom is -0.489 e. The first kappa shape index (κ1) is 13.8. The largest absolute Gasteiger partial charge is 0.489 e. The molecule has 0 bridgehead atoms. The van der Waals surface area contributed by atoms with Gasteiger partial charge in [0.2, 0.25) is 0 Å². The number of hydrogen-bond acceptors (Lipinski definition) is 2. The molecule has 0 unspecified atom stereocenters. The smallest absolute Gasteiger partial charge is 0.142 e. The molecule has 2 aromatic carbocycles. The van der Waals surface area contributed by atoms with E-state index in [1.807, 2.05) is 31.3 Å². The van der Waals surface area contributed by atoms with Gasteiger partial charge in [-0.15, -0.1) is 0 Å². The molecule has 0 saturated heterocycles. The summed E-state index contributed by atoms with van der Waals surface area (Å²) in [6.07, 6.45) is 0. The van der Waals surface area contributed by atoms with Gasteiger partial charge in [0.05, 0.1) is 5.02 Å². The molecule has 2 nitrogen and oxygen atoms in total. The molecular formula is C15H15ClFNO. The van der Waals surface area contributed by atoms with Gasteiger partial charge in [-0.1, -0.05) is 29.8 Å². The molecule has 0 saturated carbocycles. The van der Waals surface area contributed by atoms with Crippen LogP contribution < -0.4 is 10.1 Å². The van der Waals surface area contributed by atoms with Crippen molar-refractivity contribution in [1.29, 1.82) is 0 Å². The molecule has 0 aliphatic carbocycles. The maximum Gasteiger partial charge on any atom is 0.142 e. The van der Waals surface area contributed by atoms with Crippen LogP contribution in [-0.2, 0) is 13.2 Å². The highest BCUT2D eigenvalue weighted by atomic mass is 35.5. The molecule has 0 aliphatic heterocycles.